The summed E-state index contributed by atoms with van der Waals surface area (Å²) in [7, 11) is 0. The third-order valence-electron chi connectivity index (χ3n) is 2.40. The number of fused-ring (bicyclic) bond motifs is 1. The molecule has 4 atom stereocenters. The maximum absolute atomic E-state index is 10.8. The monoisotopic (exact) mass is 220 g/mol. The Morgan fingerprint density at radius 1 is 1.64 bits per heavy atom. The summed E-state index contributed by atoms with van der Waals surface area (Å²) in [6.07, 6.45) is 0.569. The lowest BCUT2D eigenvalue weighted by atomic mass is 10.1. The first-order valence-electron chi connectivity index (χ1n) is 3.70. The average Bonchev–Trinajstić information content (AvgIpc) is 2.37. The fourth-order valence-electron chi connectivity index (χ4n) is 1.83. The van der Waals surface area contributed by atoms with Crippen molar-refractivity contribution in [1.82, 2.24) is 0 Å². The van der Waals surface area contributed by atoms with Gasteiger partial charge in [0.05, 0.1) is 6.42 Å². The third-order valence-corrected chi connectivity index (χ3v) is 3.31. The molecule has 0 aromatic rings. The van der Waals surface area contributed by atoms with Crippen molar-refractivity contribution in [1.29, 1.82) is 0 Å². The number of aliphatic hydroxyl groups is 1. The summed E-state index contributed by atoms with van der Waals surface area (Å²) in [5, 5.41) is 9.46. The molecule has 2 fully saturated rings. The highest BCUT2D eigenvalue weighted by atomic mass is 79.9. The molecule has 4 heteroatoms. The molecule has 2 rings (SSSR count). The number of alkyl halides is 1. The van der Waals surface area contributed by atoms with Crippen LogP contribution in [0.1, 0.15) is 12.8 Å². The first-order chi connectivity index (χ1) is 5.18. The van der Waals surface area contributed by atoms with E-state index in [4.69, 9.17) is 4.74 Å². The molecule has 0 spiro atoms. The van der Waals surface area contributed by atoms with Crippen molar-refractivity contribution in [2.75, 3.05) is 0 Å². The van der Waals surface area contributed by atoms with Crippen LogP contribution in [-0.4, -0.2) is 28.1 Å². The van der Waals surface area contributed by atoms with Gasteiger partial charge in [0.25, 0.3) is 0 Å². The molecule has 1 N–H and O–H groups in total. The summed E-state index contributed by atoms with van der Waals surface area (Å²) in [4.78, 5) is 10.9. The zero-order valence-corrected chi connectivity index (χ0v) is 7.45. The highest BCUT2D eigenvalue weighted by Gasteiger charge is 2.48. The van der Waals surface area contributed by atoms with Gasteiger partial charge < -0.3 is 9.84 Å². The van der Waals surface area contributed by atoms with Crippen LogP contribution in [0, 0.1) is 5.92 Å². The van der Waals surface area contributed by atoms with E-state index < -0.39 is 6.10 Å². The number of halogens is 1. The van der Waals surface area contributed by atoms with Crippen molar-refractivity contribution in [2.45, 2.75) is 29.9 Å². The molecular weight excluding hydrogens is 212 g/mol. The number of ether oxygens (including phenoxy) is 1. The van der Waals surface area contributed by atoms with Crippen LogP contribution in [0.3, 0.4) is 0 Å². The Bertz CT molecular complexity index is 194. The highest BCUT2D eigenvalue weighted by molar-refractivity contribution is 9.09. The zero-order chi connectivity index (χ0) is 8.01. The van der Waals surface area contributed by atoms with Crippen LogP contribution in [0.25, 0.3) is 0 Å². The Balaban J connectivity index is 2.13. The van der Waals surface area contributed by atoms with Crippen LogP contribution in [0.5, 0.6) is 0 Å². The Labute approximate surface area is 72.9 Å². The van der Waals surface area contributed by atoms with E-state index in [-0.39, 0.29) is 22.8 Å². The molecule has 1 aliphatic heterocycles. The summed E-state index contributed by atoms with van der Waals surface area (Å²) in [6.45, 7) is 0. The van der Waals surface area contributed by atoms with Gasteiger partial charge in [-0.1, -0.05) is 15.9 Å². The lowest BCUT2D eigenvalue weighted by Crippen LogP contribution is -2.27. The number of carbonyl (C=O) groups is 1. The number of aliphatic hydroxyl groups excluding tert-OH is 1. The van der Waals surface area contributed by atoms with Crippen LogP contribution < -0.4 is 0 Å². The molecule has 3 nitrogen and oxygen atoms in total. The van der Waals surface area contributed by atoms with E-state index in [0.717, 1.165) is 6.42 Å². The SMILES string of the molecule is O=C1C[C@@H]2C[C@H](Br)[C@@H](O)[C@@H]2O1. The molecule has 1 saturated carbocycles. The number of hydrogen-bond donors (Lipinski definition) is 1. The van der Waals surface area contributed by atoms with Crippen molar-refractivity contribution < 1.29 is 14.6 Å². The van der Waals surface area contributed by atoms with Gasteiger partial charge in [-0.15, -0.1) is 0 Å². The second-order valence-corrected chi connectivity index (χ2v) is 4.34. The molecule has 0 bridgehead atoms. The van der Waals surface area contributed by atoms with Gasteiger partial charge >= 0.3 is 5.97 Å². The lowest BCUT2D eigenvalue weighted by Gasteiger charge is -2.12. The van der Waals surface area contributed by atoms with Gasteiger partial charge in [0.1, 0.15) is 12.2 Å². The fourth-order valence-corrected chi connectivity index (χ4v) is 2.61. The fraction of sp³-hybridized carbons (Fsp3) is 0.857. The summed E-state index contributed by atoms with van der Waals surface area (Å²) in [6, 6.07) is 0. The molecule has 0 amide bonds. The van der Waals surface area contributed by atoms with E-state index in [2.05, 4.69) is 15.9 Å². The van der Waals surface area contributed by atoms with Crippen molar-refractivity contribution in [3.8, 4) is 0 Å². The van der Waals surface area contributed by atoms with E-state index >= 15 is 0 Å². The van der Waals surface area contributed by atoms with Gasteiger partial charge in [0.2, 0.25) is 0 Å². The Morgan fingerprint density at radius 3 is 3.00 bits per heavy atom. The first kappa shape index (κ1) is 7.55. The van der Waals surface area contributed by atoms with Crippen LogP contribution in [0.2, 0.25) is 0 Å². The maximum Gasteiger partial charge on any atom is 0.306 e. The van der Waals surface area contributed by atoms with Gasteiger partial charge in [-0.05, 0) is 6.42 Å². The number of esters is 1. The standard InChI is InChI=1S/C7H9BrO3/c8-4-1-3-2-5(9)11-7(3)6(4)10/h3-4,6-7,10H,1-2H2/t3-,4-,6+,7+/m0/s1. The topological polar surface area (TPSA) is 46.5 Å². The van der Waals surface area contributed by atoms with Crippen molar-refractivity contribution in [3.05, 3.63) is 0 Å². The molecule has 1 saturated heterocycles. The van der Waals surface area contributed by atoms with Gasteiger partial charge in [-0.3, -0.25) is 4.79 Å². The smallest absolute Gasteiger partial charge is 0.306 e. The lowest BCUT2D eigenvalue weighted by molar-refractivity contribution is -0.144. The minimum atomic E-state index is -0.508. The average molecular weight is 221 g/mol. The predicted octanol–water partition coefficient (Wildman–Crippen LogP) is 0.446. The number of hydrogen-bond acceptors (Lipinski definition) is 3. The largest absolute Gasteiger partial charge is 0.459 e. The summed E-state index contributed by atoms with van der Waals surface area (Å²) >= 11 is 3.34. The molecule has 0 aromatic carbocycles. The number of carbonyl (C=O) groups excluding carboxylic acids is 1. The normalized spacial score (nSPS) is 49.1. The van der Waals surface area contributed by atoms with Crippen LogP contribution in [0.4, 0.5) is 0 Å². The minimum Gasteiger partial charge on any atom is -0.459 e. The second kappa shape index (κ2) is 2.45. The van der Waals surface area contributed by atoms with Crippen molar-refractivity contribution >= 4 is 21.9 Å². The molecule has 0 aromatic heterocycles. The number of rotatable bonds is 0. The predicted molar refractivity (Wildman–Crippen MR) is 41.3 cm³/mol. The molecule has 1 heterocycles. The summed E-state index contributed by atoms with van der Waals surface area (Å²) in [5.41, 5.74) is 0. The van der Waals surface area contributed by atoms with E-state index in [9.17, 15) is 9.90 Å². The summed E-state index contributed by atoms with van der Waals surface area (Å²) in [5.74, 6) is 0.0697. The van der Waals surface area contributed by atoms with Crippen molar-refractivity contribution in [3.63, 3.8) is 0 Å². The second-order valence-electron chi connectivity index (χ2n) is 3.16. The minimum absolute atomic E-state index is 0.102. The Hall–Kier alpha value is -0.0900. The van der Waals surface area contributed by atoms with Crippen molar-refractivity contribution in [2.24, 2.45) is 5.92 Å². The maximum atomic E-state index is 10.8. The van der Waals surface area contributed by atoms with E-state index in [1.165, 1.54) is 0 Å². The Kier molecular flexibility index (Phi) is 1.68. The van der Waals surface area contributed by atoms with E-state index in [0.29, 0.717) is 6.42 Å². The molecule has 2 aliphatic rings. The first-order valence-corrected chi connectivity index (χ1v) is 4.61. The molecular formula is C7H9BrO3. The zero-order valence-electron chi connectivity index (χ0n) is 5.87. The van der Waals surface area contributed by atoms with Gasteiger partial charge in [-0.2, -0.15) is 0 Å². The molecule has 62 valence electrons. The van der Waals surface area contributed by atoms with Gasteiger partial charge in [0.15, 0.2) is 0 Å². The summed E-state index contributed by atoms with van der Waals surface area (Å²) < 4.78 is 4.95. The van der Waals surface area contributed by atoms with Crippen LogP contribution in [-0.2, 0) is 9.53 Å². The van der Waals surface area contributed by atoms with E-state index in [1.54, 1.807) is 0 Å². The van der Waals surface area contributed by atoms with Gasteiger partial charge in [0, 0.05) is 10.7 Å². The molecule has 11 heavy (non-hydrogen) atoms. The van der Waals surface area contributed by atoms with Crippen LogP contribution >= 0.6 is 15.9 Å². The highest BCUT2D eigenvalue weighted by Crippen LogP contribution is 2.39. The van der Waals surface area contributed by atoms with Crippen LogP contribution in [0.15, 0.2) is 0 Å². The van der Waals surface area contributed by atoms with E-state index in [1.807, 2.05) is 0 Å². The molecule has 0 unspecified atom stereocenters. The Morgan fingerprint density at radius 2 is 2.36 bits per heavy atom. The molecule has 0 radical (unpaired) electrons. The molecule has 1 aliphatic carbocycles. The quantitative estimate of drug-likeness (QED) is 0.477. The third kappa shape index (κ3) is 1.08. The van der Waals surface area contributed by atoms with Gasteiger partial charge in [-0.25, -0.2) is 0 Å².